The first-order valence-electron chi connectivity index (χ1n) is 6.05. The van der Waals surface area contributed by atoms with Crippen LogP contribution in [-0.4, -0.2) is 22.8 Å². The minimum absolute atomic E-state index is 0.0393. The lowest BCUT2D eigenvalue weighted by atomic mass is 9.88. The van der Waals surface area contributed by atoms with E-state index in [4.69, 9.17) is 0 Å². The molecule has 1 fully saturated rings. The maximum absolute atomic E-state index is 9.41. The summed E-state index contributed by atoms with van der Waals surface area (Å²) in [6, 6.07) is 0.628. The molecule has 0 radical (unpaired) electrons. The molecule has 0 amide bonds. The van der Waals surface area contributed by atoms with Gasteiger partial charge in [0.25, 0.3) is 0 Å². The second kappa shape index (κ2) is 5.13. The summed E-state index contributed by atoms with van der Waals surface area (Å²) in [6.07, 6.45) is 6.54. The van der Waals surface area contributed by atoms with Crippen LogP contribution in [0.1, 0.15) is 59.3 Å². The molecule has 0 atom stereocenters. The predicted molar refractivity (Wildman–Crippen MR) is 60.4 cm³/mol. The standard InChI is InChI=1S/C12H25NO/c1-4-12(3,5-2)13-10-6-8-11(14)9-7-10/h10-11,13-14H,4-9H2,1-3H3/t10-,11-. The van der Waals surface area contributed by atoms with E-state index in [9.17, 15) is 5.11 Å². The zero-order valence-corrected chi connectivity index (χ0v) is 9.84. The molecular weight excluding hydrogens is 174 g/mol. The zero-order chi connectivity index (χ0) is 10.6. The van der Waals surface area contributed by atoms with Crippen LogP contribution in [0.2, 0.25) is 0 Å². The zero-order valence-electron chi connectivity index (χ0n) is 9.84. The van der Waals surface area contributed by atoms with Crippen LogP contribution >= 0.6 is 0 Å². The fourth-order valence-electron chi connectivity index (χ4n) is 2.17. The molecule has 84 valence electrons. The smallest absolute Gasteiger partial charge is 0.0541 e. The first-order chi connectivity index (χ1) is 6.59. The number of hydrogen-bond donors (Lipinski definition) is 2. The normalized spacial score (nSPS) is 29.1. The lowest BCUT2D eigenvalue weighted by Crippen LogP contribution is -2.48. The monoisotopic (exact) mass is 199 g/mol. The maximum Gasteiger partial charge on any atom is 0.0541 e. The lowest BCUT2D eigenvalue weighted by Gasteiger charge is -2.36. The Bertz CT molecular complexity index is 158. The molecule has 1 saturated carbocycles. The van der Waals surface area contributed by atoms with E-state index in [2.05, 4.69) is 26.1 Å². The van der Waals surface area contributed by atoms with Gasteiger partial charge >= 0.3 is 0 Å². The minimum atomic E-state index is -0.0393. The van der Waals surface area contributed by atoms with Crippen LogP contribution in [0, 0.1) is 0 Å². The average Bonchev–Trinajstić information content (AvgIpc) is 2.21. The van der Waals surface area contributed by atoms with Crippen molar-refractivity contribution in [1.29, 1.82) is 0 Å². The molecular formula is C12H25NO. The first kappa shape index (κ1) is 12.0. The van der Waals surface area contributed by atoms with Crippen LogP contribution in [0.5, 0.6) is 0 Å². The van der Waals surface area contributed by atoms with E-state index >= 15 is 0 Å². The van der Waals surface area contributed by atoms with E-state index in [0.29, 0.717) is 11.6 Å². The maximum atomic E-state index is 9.41. The highest BCUT2D eigenvalue weighted by Gasteiger charge is 2.26. The Balaban J connectivity index is 2.36. The molecule has 0 aromatic heterocycles. The molecule has 0 heterocycles. The average molecular weight is 199 g/mol. The Morgan fingerprint density at radius 2 is 1.64 bits per heavy atom. The van der Waals surface area contributed by atoms with E-state index in [1.54, 1.807) is 0 Å². The summed E-state index contributed by atoms with van der Waals surface area (Å²) in [6.45, 7) is 6.79. The lowest BCUT2D eigenvalue weighted by molar-refractivity contribution is 0.107. The number of hydrogen-bond acceptors (Lipinski definition) is 2. The Labute approximate surface area is 88.1 Å². The van der Waals surface area contributed by atoms with Gasteiger partial charge in [-0.2, -0.15) is 0 Å². The number of aliphatic hydroxyl groups excluding tert-OH is 1. The fourth-order valence-corrected chi connectivity index (χ4v) is 2.17. The summed E-state index contributed by atoms with van der Waals surface area (Å²) in [5.41, 5.74) is 0.299. The molecule has 0 bridgehead atoms. The third-order valence-electron chi connectivity index (χ3n) is 3.81. The van der Waals surface area contributed by atoms with Gasteiger partial charge < -0.3 is 10.4 Å². The number of nitrogens with one attached hydrogen (secondary N) is 1. The number of rotatable bonds is 4. The Kier molecular flexibility index (Phi) is 4.39. The van der Waals surface area contributed by atoms with Crippen molar-refractivity contribution in [2.45, 2.75) is 77.0 Å². The van der Waals surface area contributed by atoms with Crippen LogP contribution in [-0.2, 0) is 0 Å². The van der Waals surface area contributed by atoms with Gasteiger partial charge in [0.1, 0.15) is 0 Å². The van der Waals surface area contributed by atoms with Crippen molar-refractivity contribution in [1.82, 2.24) is 5.32 Å². The summed E-state index contributed by atoms with van der Waals surface area (Å²) < 4.78 is 0. The van der Waals surface area contributed by atoms with Gasteiger partial charge in [0, 0.05) is 11.6 Å². The van der Waals surface area contributed by atoms with Crippen molar-refractivity contribution in [2.75, 3.05) is 0 Å². The van der Waals surface area contributed by atoms with Crippen molar-refractivity contribution in [2.24, 2.45) is 0 Å². The van der Waals surface area contributed by atoms with E-state index in [0.717, 1.165) is 25.7 Å². The molecule has 1 aliphatic carbocycles. The summed E-state index contributed by atoms with van der Waals surface area (Å²) in [5.74, 6) is 0. The van der Waals surface area contributed by atoms with E-state index < -0.39 is 0 Å². The Morgan fingerprint density at radius 3 is 2.07 bits per heavy atom. The van der Waals surface area contributed by atoms with Crippen molar-refractivity contribution < 1.29 is 5.11 Å². The summed E-state index contributed by atoms with van der Waals surface area (Å²) >= 11 is 0. The molecule has 2 N–H and O–H groups in total. The van der Waals surface area contributed by atoms with E-state index in [1.165, 1.54) is 12.8 Å². The fraction of sp³-hybridized carbons (Fsp3) is 1.00. The molecule has 0 aromatic carbocycles. The van der Waals surface area contributed by atoms with Crippen molar-refractivity contribution in [3.05, 3.63) is 0 Å². The van der Waals surface area contributed by atoms with Crippen molar-refractivity contribution in [3.63, 3.8) is 0 Å². The highest BCUT2D eigenvalue weighted by Crippen LogP contribution is 2.23. The van der Waals surface area contributed by atoms with Crippen LogP contribution in [0.25, 0.3) is 0 Å². The Hall–Kier alpha value is -0.0800. The quantitative estimate of drug-likeness (QED) is 0.729. The molecule has 14 heavy (non-hydrogen) atoms. The van der Waals surface area contributed by atoms with Gasteiger partial charge in [-0.1, -0.05) is 13.8 Å². The highest BCUT2D eigenvalue weighted by atomic mass is 16.3. The second-order valence-corrected chi connectivity index (χ2v) is 4.92. The van der Waals surface area contributed by atoms with Gasteiger partial charge in [0.05, 0.1) is 6.10 Å². The van der Waals surface area contributed by atoms with Crippen molar-refractivity contribution >= 4 is 0 Å². The van der Waals surface area contributed by atoms with Crippen LogP contribution in [0.4, 0.5) is 0 Å². The molecule has 0 unspecified atom stereocenters. The molecule has 2 heteroatoms. The van der Waals surface area contributed by atoms with E-state index in [-0.39, 0.29) is 6.10 Å². The van der Waals surface area contributed by atoms with Gasteiger partial charge in [0.2, 0.25) is 0 Å². The largest absolute Gasteiger partial charge is 0.393 e. The van der Waals surface area contributed by atoms with Gasteiger partial charge in [-0.05, 0) is 45.4 Å². The third-order valence-corrected chi connectivity index (χ3v) is 3.81. The van der Waals surface area contributed by atoms with Gasteiger partial charge in [-0.25, -0.2) is 0 Å². The number of aliphatic hydroxyl groups is 1. The molecule has 1 aliphatic rings. The summed E-state index contributed by atoms with van der Waals surface area (Å²) in [4.78, 5) is 0. The second-order valence-electron chi connectivity index (χ2n) is 4.92. The van der Waals surface area contributed by atoms with Gasteiger partial charge in [-0.3, -0.25) is 0 Å². The molecule has 0 aromatic rings. The molecule has 0 saturated heterocycles. The van der Waals surface area contributed by atoms with Crippen LogP contribution in [0.15, 0.2) is 0 Å². The van der Waals surface area contributed by atoms with Crippen LogP contribution in [0.3, 0.4) is 0 Å². The SMILES string of the molecule is CCC(C)(CC)N[C@H]1CC[C@H](O)CC1. The topological polar surface area (TPSA) is 32.3 Å². The van der Waals surface area contributed by atoms with Gasteiger partial charge in [0.15, 0.2) is 0 Å². The van der Waals surface area contributed by atoms with Crippen molar-refractivity contribution in [3.8, 4) is 0 Å². The van der Waals surface area contributed by atoms with Gasteiger partial charge in [-0.15, -0.1) is 0 Å². The summed E-state index contributed by atoms with van der Waals surface area (Å²) in [5, 5.41) is 13.2. The Morgan fingerprint density at radius 1 is 1.14 bits per heavy atom. The molecule has 0 spiro atoms. The summed E-state index contributed by atoms with van der Waals surface area (Å²) in [7, 11) is 0. The predicted octanol–water partition coefficient (Wildman–Crippen LogP) is 2.46. The highest BCUT2D eigenvalue weighted by molar-refractivity contribution is 4.86. The molecule has 2 nitrogen and oxygen atoms in total. The molecule has 0 aliphatic heterocycles. The van der Waals surface area contributed by atoms with Crippen LogP contribution < -0.4 is 5.32 Å². The minimum Gasteiger partial charge on any atom is -0.393 e. The molecule has 1 rings (SSSR count). The third kappa shape index (κ3) is 3.25. The first-order valence-corrected chi connectivity index (χ1v) is 6.05. The van der Waals surface area contributed by atoms with E-state index in [1.807, 2.05) is 0 Å².